The number of hydrogen-bond donors (Lipinski definition) is 2. The van der Waals surface area contributed by atoms with Crippen LogP contribution in [0.2, 0.25) is 0 Å². The number of carbonyl (C=O) groups excluding carboxylic acids is 1. The molecule has 0 radical (unpaired) electrons. The molecule has 1 atom stereocenters. The standard InChI is InChI=1S/C13H23N5OS.2ClH/c1-17(2)6-7-18-5-3-12(16-18)15-13(19)9-11-10-20-8-4-14-11;;/h3,5,11,14H,4,6-10H2,1-2H3,(H,15,16,19);2*1H. The van der Waals surface area contributed by atoms with Crippen LogP contribution in [-0.4, -0.2) is 65.3 Å². The molecule has 9 heteroatoms. The third-order valence-corrected chi connectivity index (χ3v) is 4.25. The van der Waals surface area contributed by atoms with Crippen molar-refractivity contribution < 1.29 is 4.79 Å². The first kappa shape index (κ1) is 21.5. The van der Waals surface area contributed by atoms with Gasteiger partial charge in [0.15, 0.2) is 5.82 Å². The molecule has 0 bridgehead atoms. The van der Waals surface area contributed by atoms with Gasteiger partial charge in [-0.1, -0.05) is 0 Å². The summed E-state index contributed by atoms with van der Waals surface area (Å²) in [6, 6.07) is 2.13. The Kier molecular flexibility index (Phi) is 10.9. The van der Waals surface area contributed by atoms with Crippen molar-refractivity contribution in [2.45, 2.75) is 19.0 Å². The molecule has 1 saturated heterocycles. The van der Waals surface area contributed by atoms with Gasteiger partial charge in [-0.15, -0.1) is 24.8 Å². The van der Waals surface area contributed by atoms with Crippen molar-refractivity contribution in [3.05, 3.63) is 12.3 Å². The van der Waals surface area contributed by atoms with Crippen LogP contribution in [0.5, 0.6) is 0 Å². The average Bonchev–Trinajstić information content (AvgIpc) is 2.85. The second-order valence-corrected chi connectivity index (χ2v) is 6.40. The van der Waals surface area contributed by atoms with Crippen LogP contribution in [0.1, 0.15) is 6.42 Å². The van der Waals surface area contributed by atoms with E-state index in [0.717, 1.165) is 31.1 Å². The van der Waals surface area contributed by atoms with E-state index in [1.54, 1.807) is 0 Å². The molecule has 1 aromatic rings. The zero-order valence-corrected chi connectivity index (χ0v) is 15.4. The van der Waals surface area contributed by atoms with Crippen LogP contribution in [0.25, 0.3) is 0 Å². The van der Waals surface area contributed by atoms with E-state index in [9.17, 15) is 4.79 Å². The highest BCUT2D eigenvalue weighted by Crippen LogP contribution is 2.11. The second-order valence-electron chi connectivity index (χ2n) is 5.25. The van der Waals surface area contributed by atoms with Crippen LogP contribution in [0, 0.1) is 0 Å². The van der Waals surface area contributed by atoms with E-state index >= 15 is 0 Å². The number of amides is 1. The summed E-state index contributed by atoms with van der Waals surface area (Å²) in [5.41, 5.74) is 0. The second kappa shape index (κ2) is 11.1. The van der Waals surface area contributed by atoms with Crippen molar-refractivity contribution in [3.63, 3.8) is 0 Å². The van der Waals surface area contributed by atoms with Crippen LogP contribution >= 0.6 is 36.6 Å². The van der Waals surface area contributed by atoms with Gasteiger partial charge in [0.25, 0.3) is 0 Å². The quantitative estimate of drug-likeness (QED) is 0.791. The molecule has 2 N–H and O–H groups in total. The molecule has 1 aliphatic rings. The predicted octanol–water partition coefficient (Wildman–Crippen LogP) is 1.32. The lowest BCUT2D eigenvalue weighted by Crippen LogP contribution is -2.39. The summed E-state index contributed by atoms with van der Waals surface area (Å²) in [5, 5.41) is 10.6. The molecule has 2 rings (SSSR count). The Morgan fingerprint density at radius 1 is 1.55 bits per heavy atom. The highest BCUT2D eigenvalue weighted by molar-refractivity contribution is 7.99. The predicted molar refractivity (Wildman–Crippen MR) is 97.6 cm³/mol. The molecule has 1 aromatic heterocycles. The number of hydrogen-bond acceptors (Lipinski definition) is 5. The maximum Gasteiger partial charge on any atom is 0.227 e. The fourth-order valence-electron chi connectivity index (χ4n) is 2.02. The van der Waals surface area contributed by atoms with Gasteiger partial charge in [0.05, 0.1) is 6.54 Å². The van der Waals surface area contributed by atoms with Gasteiger partial charge in [0.1, 0.15) is 0 Å². The van der Waals surface area contributed by atoms with Crippen molar-refractivity contribution in [1.29, 1.82) is 0 Å². The molecule has 1 aliphatic heterocycles. The number of carbonyl (C=O) groups is 1. The topological polar surface area (TPSA) is 62.2 Å². The Morgan fingerprint density at radius 2 is 2.32 bits per heavy atom. The Bertz CT molecular complexity index is 438. The lowest BCUT2D eigenvalue weighted by Gasteiger charge is -2.22. The molecule has 22 heavy (non-hydrogen) atoms. The van der Waals surface area contributed by atoms with Crippen molar-refractivity contribution in [1.82, 2.24) is 20.0 Å². The SMILES string of the molecule is CN(C)CCn1ccc(NC(=O)CC2CSCCN2)n1.Cl.Cl. The smallest absolute Gasteiger partial charge is 0.227 e. The molecule has 0 aromatic carbocycles. The molecule has 0 spiro atoms. The highest BCUT2D eigenvalue weighted by atomic mass is 35.5. The lowest BCUT2D eigenvalue weighted by molar-refractivity contribution is -0.116. The van der Waals surface area contributed by atoms with Gasteiger partial charge in [0, 0.05) is 49.3 Å². The van der Waals surface area contributed by atoms with Gasteiger partial charge in [-0.2, -0.15) is 16.9 Å². The van der Waals surface area contributed by atoms with Gasteiger partial charge in [-0.05, 0) is 14.1 Å². The van der Waals surface area contributed by atoms with Crippen LogP contribution in [-0.2, 0) is 11.3 Å². The third-order valence-electron chi connectivity index (χ3n) is 3.11. The molecule has 2 heterocycles. The molecule has 6 nitrogen and oxygen atoms in total. The van der Waals surface area contributed by atoms with Crippen LogP contribution < -0.4 is 10.6 Å². The van der Waals surface area contributed by atoms with E-state index in [1.807, 2.05) is 42.8 Å². The number of nitrogens with zero attached hydrogens (tertiary/aromatic N) is 3. The number of anilines is 1. The molecule has 0 aliphatic carbocycles. The number of likely N-dealkylation sites (N-methyl/N-ethyl adjacent to an activating group) is 1. The molecule has 1 fully saturated rings. The molecular formula is C13H25Cl2N5OS. The monoisotopic (exact) mass is 369 g/mol. The zero-order valence-electron chi connectivity index (χ0n) is 12.9. The van der Waals surface area contributed by atoms with E-state index in [4.69, 9.17) is 0 Å². The number of rotatable bonds is 6. The van der Waals surface area contributed by atoms with Gasteiger partial charge in [-0.3, -0.25) is 9.48 Å². The van der Waals surface area contributed by atoms with Crippen molar-refractivity contribution in [2.24, 2.45) is 0 Å². The fourth-order valence-corrected chi connectivity index (χ4v) is 2.97. The summed E-state index contributed by atoms with van der Waals surface area (Å²) >= 11 is 1.90. The summed E-state index contributed by atoms with van der Waals surface area (Å²) in [4.78, 5) is 14.0. The molecule has 1 unspecified atom stereocenters. The van der Waals surface area contributed by atoms with Crippen molar-refractivity contribution in [3.8, 4) is 0 Å². The highest BCUT2D eigenvalue weighted by Gasteiger charge is 2.17. The van der Waals surface area contributed by atoms with E-state index in [1.165, 1.54) is 0 Å². The number of nitrogens with one attached hydrogen (secondary N) is 2. The van der Waals surface area contributed by atoms with Crippen LogP contribution in [0.15, 0.2) is 12.3 Å². The summed E-state index contributed by atoms with van der Waals surface area (Å²) in [6.07, 6.45) is 2.41. The normalized spacial score (nSPS) is 17.5. The minimum Gasteiger partial charge on any atom is -0.312 e. The van der Waals surface area contributed by atoms with Crippen LogP contribution in [0.4, 0.5) is 5.82 Å². The van der Waals surface area contributed by atoms with E-state index in [0.29, 0.717) is 12.2 Å². The van der Waals surface area contributed by atoms with Crippen molar-refractivity contribution >= 4 is 48.3 Å². The minimum absolute atomic E-state index is 0. The first-order valence-electron chi connectivity index (χ1n) is 6.92. The number of aromatic nitrogens is 2. The number of halogens is 2. The fraction of sp³-hybridized carbons (Fsp3) is 0.692. The van der Waals surface area contributed by atoms with Gasteiger partial charge < -0.3 is 15.5 Å². The molecule has 128 valence electrons. The van der Waals surface area contributed by atoms with Crippen molar-refractivity contribution in [2.75, 3.05) is 44.0 Å². The van der Waals surface area contributed by atoms with Gasteiger partial charge in [-0.25, -0.2) is 0 Å². The Hall–Kier alpha value is -0.470. The summed E-state index contributed by atoms with van der Waals surface area (Å²) in [7, 11) is 4.06. The third kappa shape index (κ3) is 7.69. The van der Waals surface area contributed by atoms with E-state index in [-0.39, 0.29) is 36.8 Å². The summed E-state index contributed by atoms with van der Waals surface area (Å²) in [5.74, 6) is 2.80. The van der Waals surface area contributed by atoms with E-state index < -0.39 is 0 Å². The van der Waals surface area contributed by atoms with Crippen LogP contribution in [0.3, 0.4) is 0 Å². The Labute approximate surface area is 148 Å². The van der Waals surface area contributed by atoms with Gasteiger partial charge >= 0.3 is 0 Å². The first-order chi connectivity index (χ1) is 9.63. The maximum absolute atomic E-state index is 11.9. The minimum atomic E-state index is 0. The molecular weight excluding hydrogens is 345 g/mol. The Balaban J connectivity index is 0.00000220. The zero-order chi connectivity index (χ0) is 14.4. The summed E-state index contributed by atoms with van der Waals surface area (Å²) in [6.45, 7) is 2.74. The lowest BCUT2D eigenvalue weighted by atomic mass is 10.2. The molecule has 0 saturated carbocycles. The largest absolute Gasteiger partial charge is 0.312 e. The first-order valence-corrected chi connectivity index (χ1v) is 8.08. The number of thioether (sulfide) groups is 1. The van der Waals surface area contributed by atoms with E-state index in [2.05, 4.69) is 20.6 Å². The Morgan fingerprint density at radius 3 is 2.95 bits per heavy atom. The summed E-state index contributed by atoms with van der Waals surface area (Å²) < 4.78 is 1.85. The maximum atomic E-state index is 11.9. The van der Waals surface area contributed by atoms with Gasteiger partial charge in [0.2, 0.25) is 5.91 Å². The average molecular weight is 370 g/mol. The molecule has 1 amide bonds.